The van der Waals surface area contributed by atoms with Crippen molar-refractivity contribution in [1.29, 1.82) is 0 Å². The van der Waals surface area contributed by atoms with Gasteiger partial charge in [-0.2, -0.15) is 13.2 Å². The Kier molecular flexibility index (Phi) is 4.84. The monoisotopic (exact) mass is 432 g/mol. The number of carbonyl (C=O) groups is 1. The summed E-state index contributed by atoms with van der Waals surface area (Å²) in [5, 5.41) is 3.42. The van der Waals surface area contributed by atoms with Crippen molar-refractivity contribution in [3.63, 3.8) is 0 Å². The molecule has 0 aliphatic carbocycles. The third-order valence-corrected chi connectivity index (χ3v) is 6.31. The Hall–Kier alpha value is -2.74. The largest absolute Gasteiger partial charge is 0.491 e. The number of anilines is 1. The average molecular weight is 432 g/mol. The van der Waals surface area contributed by atoms with Crippen molar-refractivity contribution in [3.05, 3.63) is 41.5 Å². The Morgan fingerprint density at radius 2 is 2.10 bits per heavy atom. The zero-order valence-electron chi connectivity index (χ0n) is 17.1. The molecule has 1 saturated heterocycles. The van der Waals surface area contributed by atoms with Gasteiger partial charge < -0.3 is 19.7 Å². The molecule has 0 aromatic heterocycles. The normalized spacial score (nSPS) is 22.3. The van der Waals surface area contributed by atoms with Gasteiger partial charge in [0.05, 0.1) is 17.9 Å². The van der Waals surface area contributed by atoms with Gasteiger partial charge in [0, 0.05) is 32.0 Å². The minimum Gasteiger partial charge on any atom is -0.491 e. The highest BCUT2D eigenvalue weighted by atomic mass is 19.4. The number of alkyl halides is 3. The summed E-state index contributed by atoms with van der Waals surface area (Å²) in [5.74, 6) is 0.0839. The van der Waals surface area contributed by atoms with Gasteiger partial charge in [-0.15, -0.1) is 0 Å². The van der Waals surface area contributed by atoms with Crippen molar-refractivity contribution in [2.45, 2.75) is 37.9 Å². The molecule has 164 valence electrons. The van der Waals surface area contributed by atoms with Crippen molar-refractivity contribution in [3.8, 4) is 22.6 Å². The highest BCUT2D eigenvalue weighted by Crippen LogP contribution is 2.52. The lowest BCUT2D eigenvalue weighted by molar-refractivity contribution is -0.138. The first kappa shape index (κ1) is 20.2. The maximum absolute atomic E-state index is 13.9. The van der Waals surface area contributed by atoms with Gasteiger partial charge >= 0.3 is 12.1 Å². The molecule has 1 fully saturated rings. The van der Waals surface area contributed by atoms with Gasteiger partial charge in [0.2, 0.25) is 0 Å². The van der Waals surface area contributed by atoms with Gasteiger partial charge in [0.25, 0.3) is 0 Å². The predicted octanol–water partition coefficient (Wildman–Crippen LogP) is 4.35. The fourth-order valence-corrected chi connectivity index (χ4v) is 5.12. The molecule has 3 aliphatic rings. The smallest absolute Gasteiger partial charge is 0.417 e. The zero-order chi connectivity index (χ0) is 21.8. The van der Waals surface area contributed by atoms with Crippen LogP contribution in [0.5, 0.6) is 11.5 Å². The number of halogens is 3. The molecule has 0 unspecified atom stereocenters. The summed E-state index contributed by atoms with van der Waals surface area (Å²) in [6.45, 7) is 4.33. The van der Waals surface area contributed by atoms with Crippen LogP contribution in [0.3, 0.4) is 0 Å². The molecule has 0 spiro atoms. The first-order valence-electron chi connectivity index (χ1n) is 10.5. The first-order valence-corrected chi connectivity index (χ1v) is 10.5. The number of nitrogens with zero attached hydrogens (tertiary/aromatic N) is 1. The third-order valence-electron chi connectivity index (χ3n) is 6.31. The lowest BCUT2D eigenvalue weighted by Crippen LogP contribution is -2.44. The second-order valence-corrected chi connectivity index (χ2v) is 8.27. The number of nitrogens with one attached hydrogen (secondary N) is 1. The summed E-state index contributed by atoms with van der Waals surface area (Å²) in [5.41, 5.74) is 1.76. The lowest BCUT2D eigenvalue weighted by Gasteiger charge is -2.33. The predicted molar refractivity (Wildman–Crippen MR) is 110 cm³/mol. The van der Waals surface area contributed by atoms with E-state index in [2.05, 4.69) is 10.2 Å². The van der Waals surface area contributed by atoms with Crippen molar-refractivity contribution < 1.29 is 27.4 Å². The lowest BCUT2D eigenvalue weighted by atomic mass is 9.88. The molecule has 2 aromatic rings. The van der Waals surface area contributed by atoms with Crippen molar-refractivity contribution in [2.24, 2.45) is 0 Å². The minimum absolute atomic E-state index is 0.0501. The van der Waals surface area contributed by atoms with E-state index in [9.17, 15) is 18.0 Å². The highest BCUT2D eigenvalue weighted by Gasteiger charge is 2.43. The van der Waals surface area contributed by atoms with Crippen LogP contribution in [0.4, 0.5) is 18.9 Å². The summed E-state index contributed by atoms with van der Waals surface area (Å²) < 4.78 is 52.7. The van der Waals surface area contributed by atoms with E-state index in [4.69, 9.17) is 9.47 Å². The number of hydrogen-bond donors (Lipinski definition) is 1. The molecular weight excluding hydrogens is 409 g/mol. The fraction of sp³-hybridized carbons (Fsp3) is 0.435. The van der Waals surface area contributed by atoms with Crippen molar-refractivity contribution >= 4 is 11.7 Å². The van der Waals surface area contributed by atoms with E-state index in [1.807, 2.05) is 6.07 Å². The van der Waals surface area contributed by atoms with Gasteiger partial charge in [0.15, 0.2) is 0 Å². The molecule has 2 aromatic carbocycles. The quantitative estimate of drug-likeness (QED) is 0.565. The molecule has 3 heterocycles. The molecule has 2 atom stereocenters. The van der Waals surface area contributed by atoms with Crippen LogP contribution >= 0.6 is 0 Å². The number of ether oxygens (including phenoxy) is 2. The summed E-state index contributed by atoms with van der Waals surface area (Å²) >= 11 is 0. The van der Waals surface area contributed by atoms with Crippen LogP contribution in [0.1, 0.15) is 36.8 Å². The number of rotatable bonds is 2. The summed E-state index contributed by atoms with van der Waals surface area (Å²) in [4.78, 5) is 13.6. The zero-order valence-corrected chi connectivity index (χ0v) is 17.1. The molecule has 3 aliphatic heterocycles. The minimum atomic E-state index is -4.60. The fourth-order valence-electron chi connectivity index (χ4n) is 5.12. The second kappa shape index (κ2) is 7.44. The van der Waals surface area contributed by atoms with Crippen LogP contribution in [-0.2, 0) is 11.0 Å². The number of hydrogen-bond acceptors (Lipinski definition) is 5. The van der Waals surface area contributed by atoms with Crippen molar-refractivity contribution in [2.75, 3.05) is 31.1 Å². The number of benzene rings is 2. The number of esters is 1. The second-order valence-electron chi connectivity index (χ2n) is 8.27. The van der Waals surface area contributed by atoms with Gasteiger partial charge in [-0.3, -0.25) is 4.79 Å². The maximum Gasteiger partial charge on any atom is 0.417 e. The Bertz CT molecular complexity index is 1040. The SMILES string of the molecule is CC(=O)Oc1ccc(-c2cc3c4c(c2)[C@@H]2CNCC[C@@H]2N4CCCO3)c(C(F)(F)F)c1. The van der Waals surface area contributed by atoms with Crippen LogP contribution < -0.4 is 19.7 Å². The first-order chi connectivity index (χ1) is 14.8. The van der Waals surface area contributed by atoms with Crippen LogP contribution in [0.15, 0.2) is 30.3 Å². The van der Waals surface area contributed by atoms with Crippen LogP contribution in [0, 0.1) is 0 Å². The van der Waals surface area contributed by atoms with Gasteiger partial charge in [-0.25, -0.2) is 0 Å². The van der Waals surface area contributed by atoms with E-state index in [1.54, 1.807) is 6.07 Å². The maximum atomic E-state index is 13.9. The molecular formula is C23H23F3N2O3. The molecule has 5 nitrogen and oxygen atoms in total. The van der Waals surface area contributed by atoms with Crippen molar-refractivity contribution in [1.82, 2.24) is 5.32 Å². The van der Waals surface area contributed by atoms with Crippen LogP contribution in [0.2, 0.25) is 0 Å². The van der Waals surface area contributed by atoms with E-state index in [0.29, 0.717) is 24.0 Å². The Morgan fingerprint density at radius 1 is 1.26 bits per heavy atom. The molecule has 0 saturated carbocycles. The molecule has 5 rings (SSSR count). The van der Waals surface area contributed by atoms with Gasteiger partial charge in [0.1, 0.15) is 11.5 Å². The number of piperidine rings is 1. The topological polar surface area (TPSA) is 50.8 Å². The molecule has 31 heavy (non-hydrogen) atoms. The van der Waals surface area contributed by atoms with E-state index >= 15 is 0 Å². The molecule has 0 bridgehead atoms. The summed E-state index contributed by atoms with van der Waals surface area (Å²) in [6.07, 6.45) is -2.72. The van der Waals surface area contributed by atoms with E-state index in [1.165, 1.54) is 12.1 Å². The molecule has 0 amide bonds. The average Bonchev–Trinajstić information content (AvgIpc) is 2.88. The Labute approximate surface area is 178 Å². The van der Waals surface area contributed by atoms with Crippen LogP contribution in [0.25, 0.3) is 11.1 Å². The number of carbonyl (C=O) groups excluding carboxylic acids is 1. The van der Waals surface area contributed by atoms with E-state index < -0.39 is 17.7 Å². The molecule has 8 heteroatoms. The van der Waals surface area contributed by atoms with E-state index in [-0.39, 0.29) is 17.2 Å². The Morgan fingerprint density at radius 3 is 2.87 bits per heavy atom. The summed E-state index contributed by atoms with van der Waals surface area (Å²) in [6, 6.07) is 7.61. The number of fused-ring (bicyclic) bond motifs is 3. The standard InChI is InChI=1S/C23H23F3N2O3/c1-13(29)31-15-3-4-16(19(11-15)23(24,25)26)14-9-17-18-12-27-6-5-20(18)28-7-2-8-30-21(10-14)22(17)28/h3-4,9-11,18,20,27H,2,5-8,12H2,1H3/t18-,20-/m0/s1. The van der Waals surface area contributed by atoms with Crippen LogP contribution in [-0.4, -0.2) is 38.3 Å². The highest BCUT2D eigenvalue weighted by molar-refractivity contribution is 5.80. The third kappa shape index (κ3) is 3.52. The molecule has 0 radical (unpaired) electrons. The Balaban J connectivity index is 1.66. The van der Waals surface area contributed by atoms with Gasteiger partial charge in [-0.1, -0.05) is 6.07 Å². The van der Waals surface area contributed by atoms with E-state index in [0.717, 1.165) is 56.7 Å². The summed E-state index contributed by atoms with van der Waals surface area (Å²) in [7, 11) is 0. The van der Waals surface area contributed by atoms with Gasteiger partial charge in [-0.05, 0) is 60.3 Å². The molecule has 1 N–H and O–H groups in total.